The lowest BCUT2D eigenvalue weighted by Crippen LogP contribution is -2.35. The maximum absolute atomic E-state index is 13.7. The Morgan fingerprint density at radius 3 is 2.05 bits per heavy atom. The van der Waals surface area contributed by atoms with E-state index in [1.807, 2.05) is 60.7 Å². The van der Waals surface area contributed by atoms with Crippen LogP contribution in [0.5, 0.6) is 28.7 Å². The van der Waals surface area contributed by atoms with E-state index in [9.17, 15) is 4.79 Å². The molecule has 0 amide bonds. The normalized spacial score (nSPS) is 20.1. The van der Waals surface area contributed by atoms with Crippen LogP contribution >= 0.6 is 0 Å². The molecule has 62 heavy (non-hydrogen) atoms. The predicted octanol–water partition coefficient (Wildman–Crippen LogP) is 13.6. The molecule has 0 aromatic heterocycles. The van der Waals surface area contributed by atoms with Crippen LogP contribution in [0.3, 0.4) is 0 Å². The van der Waals surface area contributed by atoms with Crippen LogP contribution in [-0.2, 0) is 20.7 Å². The highest BCUT2D eigenvalue weighted by Crippen LogP contribution is 2.60. The Hall–Kier alpha value is -5.27. The number of carbonyl (C=O) groups is 1. The molecular weight excluding hydrogens is 773 g/mol. The molecule has 2 atom stereocenters. The van der Waals surface area contributed by atoms with Gasteiger partial charge in [-0.3, -0.25) is 4.79 Å². The highest BCUT2D eigenvalue weighted by Gasteiger charge is 2.48. The summed E-state index contributed by atoms with van der Waals surface area (Å²) >= 11 is 0. The first-order valence-electron chi connectivity index (χ1n) is 23.0. The van der Waals surface area contributed by atoms with Crippen molar-refractivity contribution >= 4 is 22.8 Å². The summed E-state index contributed by atoms with van der Waals surface area (Å²) in [7, 11) is 6.76. The number of hydrogen-bond acceptors (Lipinski definition) is 7. The van der Waals surface area contributed by atoms with Crippen molar-refractivity contribution in [2.24, 2.45) is 17.8 Å². The molecule has 1 saturated carbocycles. The van der Waals surface area contributed by atoms with Gasteiger partial charge in [-0.2, -0.15) is 0 Å². The molecular formula is C55H64O7. The molecule has 0 spiro atoms. The zero-order chi connectivity index (χ0) is 43.4. The van der Waals surface area contributed by atoms with Gasteiger partial charge in [0.1, 0.15) is 22.8 Å². The average Bonchev–Trinajstić information content (AvgIpc) is 3.62. The maximum Gasteiger partial charge on any atom is 0.311 e. The molecule has 1 fully saturated rings. The maximum atomic E-state index is 13.7. The van der Waals surface area contributed by atoms with Crippen molar-refractivity contribution in [2.75, 3.05) is 28.4 Å². The van der Waals surface area contributed by atoms with Gasteiger partial charge >= 0.3 is 5.97 Å². The van der Waals surface area contributed by atoms with Gasteiger partial charge in [0, 0.05) is 41.2 Å². The van der Waals surface area contributed by atoms with E-state index >= 15 is 0 Å². The monoisotopic (exact) mass is 836 g/mol. The van der Waals surface area contributed by atoms with Gasteiger partial charge in [-0.05, 0) is 114 Å². The Morgan fingerprint density at radius 1 is 0.774 bits per heavy atom. The van der Waals surface area contributed by atoms with E-state index in [1.165, 1.54) is 51.4 Å². The summed E-state index contributed by atoms with van der Waals surface area (Å²) < 4.78 is 37.6. The van der Waals surface area contributed by atoms with Crippen LogP contribution < -0.4 is 23.7 Å². The third-order valence-corrected chi connectivity index (χ3v) is 14.4. The van der Waals surface area contributed by atoms with Gasteiger partial charge in [0.15, 0.2) is 17.1 Å². The van der Waals surface area contributed by atoms with Crippen molar-refractivity contribution in [1.29, 1.82) is 0 Å². The molecule has 7 nitrogen and oxygen atoms in total. The summed E-state index contributed by atoms with van der Waals surface area (Å²) in [6.07, 6.45) is 18.0. The molecule has 8 rings (SSSR count). The van der Waals surface area contributed by atoms with Gasteiger partial charge in [-0.25, -0.2) is 0 Å². The number of rotatable bonds is 17. The van der Waals surface area contributed by atoms with E-state index in [0.29, 0.717) is 36.0 Å². The molecule has 0 saturated heterocycles. The molecule has 7 heteroatoms. The topological polar surface area (TPSA) is 72.5 Å². The first kappa shape index (κ1) is 43.4. The SMILES string of the molecule is CCCCCC1CCC(C(C)CCCC(=O)Oc2cc3c4c(c5c(c3cc2OC)OC(c2ccc(OC)cc2)(c2ccc(OC)cc2)C=C5)C(CC)(OC)c2ccccc2-4)CC1. The highest BCUT2D eigenvalue weighted by atomic mass is 16.6. The molecule has 0 radical (unpaired) electrons. The Bertz CT molecular complexity index is 2330. The lowest BCUT2D eigenvalue weighted by atomic mass is 9.74. The minimum absolute atomic E-state index is 0.249. The fourth-order valence-corrected chi connectivity index (χ4v) is 10.9. The average molecular weight is 837 g/mol. The third-order valence-electron chi connectivity index (χ3n) is 14.4. The molecule has 2 unspecified atom stereocenters. The number of methoxy groups -OCH3 is 4. The molecule has 326 valence electrons. The summed E-state index contributed by atoms with van der Waals surface area (Å²) in [6, 6.07) is 28.5. The molecule has 2 aliphatic carbocycles. The lowest BCUT2D eigenvalue weighted by Gasteiger charge is -2.39. The second kappa shape index (κ2) is 18.6. The Morgan fingerprint density at radius 2 is 1.44 bits per heavy atom. The van der Waals surface area contributed by atoms with Crippen LogP contribution in [0.2, 0.25) is 0 Å². The van der Waals surface area contributed by atoms with Crippen molar-refractivity contribution in [3.8, 4) is 39.9 Å². The minimum Gasteiger partial charge on any atom is -0.497 e. The van der Waals surface area contributed by atoms with Crippen molar-refractivity contribution in [2.45, 2.75) is 109 Å². The van der Waals surface area contributed by atoms with E-state index < -0.39 is 11.2 Å². The summed E-state index contributed by atoms with van der Waals surface area (Å²) in [4.78, 5) is 13.7. The van der Waals surface area contributed by atoms with E-state index in [0.717, 1.165) is 85.9 Å². The van der Waals surface area contributed by atoms with Crippen LogP contribution in [0.1, 0.15) is 126 Å². The minimum atomic E-state index is -1.02. The zero-order valence-electron chi connectivity index (χ0n) is 37.8. The Balaban J connectivity index is 1.17. The predicted molar refractivity (Wildman–Crippen MR) is 249 cm³/mol. The van der Waals surface area contributed by atoms with Crippen molar-refractivity contribution in [3.05, 3.63) is 119 Å². The summed E-state index contributed by atoms with van der Waals surface area (Å²) in [6.45, 7) is 6.83. The molecule has 1 aliphatic heterocycles. The standard InChI is InChI=1S/C55H64O7/c1-8-10-11-16-37-20-22-38(23-21-37)36(3)15-14-19-50(56)61-49-34-45-46(35-48(49)59-6)53-44(52-51(45)43-17-12-13-18-47(43)54(52,9-2)60-7)32-33-55(62-53,39-24-28-41(57-4)29-25-39)40-26-30-42(58-5)31-27-40/h12-13,17-18,24-38H,8-11,14-16,19-23H2,1-7H3. The van der Waals surface area contributed by atoms with Crippen LogP contribution in [0, 0.1) is 17.8 Å². The number of carbonyl (C=O) groups excluding carboxylic acids is 1. The summed E-state index contributed by atoms with van der Waals surface area (Å²) in [5.74, 6) is 5.06. The van der Waals surface area contributed by atoms with Gasteiger partial charge in [0.25, 0.3) is 0 Å². The molecule has 1 heterocycles. The molecule has 0 N–H and O–H groups in total. The first-order chi connectivity index (χ1) is 30.2. The van der Waals surface area contributed by atoms with Crippen LogP contribution in [0.4, 0.5) is 0 Å². The highest BCUT2D eigenvalue weighted by molar-refractivity contribution is 6.09. The number of benzene rings is 5. The fourth-order valence-electron chi connectivity index (χ4n) is 10.9. The summed E-state index contributed by atoms with van der Waals surface area (Å²) in [5.41, 5.74) is 5.28. The Kier molecular flexibility index (Phi) is 13.0. The van der Waals surface area contributed by atoms with E-state index in [4.69, 9.17) is 28.4 Å². The van der Waals surface area contributed by atoms with E-state index in [1.54, 1.807) is 28.4 Å². The fraction of sp³-hybridized carbons (Fsp3) is 0.436. The van der Waals surface area contributed by atoms with Crippen molar-refractivity contribution in [3.63, 3.8) is 0 Å². The molecule has 5 aromatic carbocycles. The van der Waals surface area contributed by atoms with Crippen molar-refractivity contribution < 1.29 is 33.2 Å². The second-order valence-electron chi connectivity index (χ2n) is 17.7. The second-order valence-corrected chi connectivity index (χ2v) is 17.7. The smallest absolute Gasteiger partial charge is 0.311 e. The van der Waals surface area contributed by atoms with Gasteiger partial charge in [0.05, 0.1) is 21.3 Å². The third kappa shape index (κ3) is 7.87. The Labute approximate surface area is 368 Å². The largest absolute Gasteiger partial charge is 0.497 e. The van der Waals surface area contributed by atoms with E-state index in [-0.39, 0.29) is 5.97 Å². The quantitative estimate of drug-likeness (QED) is 0.0525. The number of esters is 1. The zero-order valence-corrected chi connectivity index (χ0v) is 37.8. The van der Waals surface area contributed by atoms with Gasteiger partial charge in [-0.15, -0.1) is 0 Å². The van der Waals surface area contributed by atoms with Gasteiger partial charge in [-0.1, -0.05) is 114 Å². The lowest BCUT2D eigenvalue weighted by molar-refractivity contribution is -0.134. The number of hydrogen-bond donors (Lipinski definition) is 0. The number of fused-ring (bicyclic) bond motifs is 8. The molecule has 0 bridgehead atoms. The summed E-state index contributed by atoms with van der Waals surface area (Å²) in [5, 5.41) is 1.74. The first-order valence-corrected chi connectivity index (χ1v) is 23.0. The van der Waals surface area contributed by atoms with Gasteiger partial charge < -0.3 is 28.4 Å². The van der Waals surface area contributed by atoms with Crippen molar-refractivity contribution in [1.82, 2.24) is 0 Å². The van der Waals surface area contributed by atoms with Crippen LogP contribution in [0.25, 0.3) is 28.0 Å². The van der Waals surface area contributed by atoms with Gasteiger partial charge in [0.2, 0.25) is 0 Å². The molecule has 3 aliphatic rings. The number of ether oxygens (including phenoxy) is 6. The molecule has 5 aromatic rings. The van der Waals surface area contributed by atoms with Crippen LogP contribution in [0.15, 0.2) is 91.0 Å². The number of unbranched alkanes of at least 4 members (excludes halogenated alkanes) is 2. The van der Waals surface area contributed by atoms with E-state index in [2.05, 4.69) is 57.2 Å². The van der Waals surface area contributed by atoms with Crippen LogP contribution in [-0.4, -0.2) is 34.4 Å².